The van der Waals surface area contributed by atoms with Crippen molar-refractivity contribution < 1.29 is 0 Å². The Balaban J connectivity index is 1.84. The Kier molecular flexibility index (Phi) is 3.15. The van der Waals surface area contributed by atoms with E-state index in [1.807, 2.05) is 12.3 Å². The third-order valence-electron chi connectivity index (χ3n) is 2.85. The standard InChI is InChI=1S/C15H14N2S/c1-2-7-14(17-11-12-5-3-9-16-12)13(6-1)15-8-4-10-18-15/h1-10,16-17H,11H2. The first-order chi connectivity index (χ1) is 8.93. The zero-order chi connectivity index (χ0) is 12.2. The SMILES string of the molecule is c1c[nH]c(CNc2ccccc2-c2cccs2)c1. The van der Waals surface area contributed by atoms with Crippen LogP contribution in [0.1, 0.15) is 5.69 Å². The normalized spacial score (nSPS) is 10.4. The molecule has 2 heterocycles. The quantitative estimate of drug-likeness (QED) is 0.711. The number of rotatable bonds is 4. The molecular formula is C15H14N2S. The average Bonchev–Trinajstić information content (AvgIpc) is 3.10. The number of aromatic nitrogens is 1. The monoisotopic (exact) mass is 254 g/mol. The van der Waals surface area contributed by atoms with Gasteiger partial charge in [0.15, 0.2) is 0 Å². The molecule has 0 saturated heterocycles. The molecule has 0 fully saturated rings. The molecule has 0 atom stereocenters. The summed E-state index contributed by atoms with van der Waals surface area (Å²) in [7, 11) is 0. The molecule has 0 saturated carbocycles. The van der Waals surface area contributed by atoms with Gasteiger partial charge in [-0.05, 0) is 29.6 Å². The van der Waals surface area contributed by atoms with Crippen LogP contribution in [-0.4, -0.2) is 4.98 Å². The molecule has 3 rings (SSSR count). The van der Waals surface area contributed by atoms with Crippen LogP contribution in [0.5, 0.6) is 0 Å². The first-order valence-corrected chi connectivity index (χ1v) is 6.80. The Labute approximate surface area is 110 Å². The van der Waals surface area contributed by atoms with Crippen LogP contribution in [0.25, 0.3) is 10.4 Å². The van der Waals surface area contributed by atoms with Crippen molar-refractivity contribution >= 4 is 17.0 Å². The van der Waals surface area contributed by atoms with Crippen molar-refractivity contribution in [3.8, 4) is 10.4 Å². The second-order valence-corrected chi connectivity index (χ2v) is 5.02. The number of thiophene rings is 1. The van der Waals surface area contributed by atoms with Gasteiger partial charge in [0.2, 0.25) is 0 Å². The van der Waals surface area contributed by atoms with Crippen LogP contribution >= 0.6 is 11.3 Å². The maximum Gasteiger partial charge on any atom is 0.0551 e. The highest BCUT2D eigenvalue weighted by Crippen LogP contribution is 2.31. The molecule has 0 aliphatic heterocycles. The summed E-state index contributed by atoms with van der Waals surface area (Å²) in [5, 5.41) is 5.59. The lowest BCUT2D eigenvalue weighted by atomic mass is 10.1. The summed E-state index contributed by atoms with van der Waals surface area (Å²) in [4.78, 5) is 4.50. The molecule has 0 spiro atoms. The van der Waals surface area contributed by atoms with E-state index >= 15 is 0 Å². The summed E-state index contributed by atoms with van der Waals surface area (Å²) in [5.74, 6) is 0. The smallest absolute Gasteiger partial charge is 0.0551 e. The van der Waals surface area contributed by atoms with Crippen LogP contribution in [0.2, 0.25) is 0 Å². The van der Waals surface area contributed by atoms with Gasteiger partial charge in [0.05, 0.1) is 6.54 Å². The van der Waals surface area contributed by atoms with E-state index in [1.165, 1.54) is 21.8 Å². The summed E-state index contributed by atoms with van der Waals surface area (Å²) in [6.07, 6.45) is 1.95. The molecule has 0 radical (unpaired) electrons. The van der Waals surface area contributed by atoms with Gasteiger partial charge in [-0.2, -0.15) is 0 Å². The fourth-order valence-corrected chi connectivity index (χ4v) is 2.72. The van der Waals surface area contributed by atoms with Crippen LogP contribution in [0.15, 0.2) is 60.1 Å². The topological polar surface area (TPSA) is 27.8 Å². The molecule has 2 aromatic heterocycles. The second-order valence-electron chi connectivity index (χ2n) is 4.07. The lowest BCUT2D eigenvalue weighted by molar-refractivity contribution is 1.07. The number of nitrogens with one attached hydrogen (secondary N) is 2. The van der Waals surface area contributed by atoms with Crippen molar-refractivity contribution in [1.82, 2.24) is 4.98 Å². The summed E-state index contributed by atoms with van der Waals surface area (Å²) < 4.78 is 0. The predicted octanol–water partition coefficient (Wildman–Crippen LogP) is 4.36. The van der Waals surface area contributed by atoms with Crippen molar-refractivity contribution in [2.75, 3.05) is 5.32 Å². The number of para-hydroxylation sites is 1. The minimum absolute atomic E-state index is 0.815. The van der Waals surface area contributed by atoms with Crippen LogP contribution in [0.3, 0.4) is 0 Å². The highest BCUT2D eigenvalue weighted by molar-refractivity contribution is 7.13. The van der Waals surface area contributed by atoms with Gasteiger partial charge >= 0.3 is 0 Å². The van der Waals surface area contributed by atoms with Gasteiger partial charge < -0.3 is 10.3 Å². The number of H-pyrrole nitrogens is 1. The Morgan fingerprint density at radius 1 is 1.00 bits per heavy atom. The van der Waals surface area contributed by atoms with Crippen molar-refractivity contribution in [2.24, 2.45) is 0 Å². The lowest BCUT2D eigenvalue weighted by Crippen LogP contribution is -2.00. The summed E-state index contributed by atoms with van der Waals surface area (Å²) >= 11 is 1.77. The van der Waals surface area contributed by atoms with E-state index < -0.39 is 0 Å². The second kappa shape index (κ2) is 5.10. The van der Waals surface area contributed by atoms with Gasteiger partial charge in [-0.25, -0.2) is 0 Å². The molecule has 1 aromatic carbocycles. The number of anilines is 1. The Hall–Kier alpha value is -2.00. The molecule has 0 amide bonds. The maximum absolute atomic E-state index is 3.48. The number of aromatic amines is 1. The van der Waals surface area contributed by atoms with Crippen LogP contribution < -0.4 is 5.32 Å². The van der Waals surface area contributed by atoms with E-state index in [9.17, 15) is 0 Å². The lowest BCUT2D eigenvalue weighted by Gasteiger charge is -2.10. The van der Waals surface area contributed by atoms with E-state index in [0.29, 0.717) is 0 Å². The molecule has 90 valence electrons. The Morgan fingerprint density at radius 2 is 1.94 bits per heavy atom. The largest absolute Gasteiger partial charge is 0.379 e. The third-order valence-corrected chi connectivity index (χ3v) is 3.75. The highest BCUT2D eigenvalue weighted by Gasteiger charge is 2.04. The average molecular weight is 254 g/mol. The first-order valence-electron chi connectivity index (χ1n) is 5.92. The molecule has 0 aliphatic rings. The Bertz CT molecular complexity index is 597. The van der Waals surface area contributed by atoms with Gasteiger partial charge in [0, 0.05) is 28.0 Å². The third kappa shape index (κ3) is 2.31. The van der Waals surface area contributed by atoms with Gasteiger partial charge in [-0.15, -0.1) is 11.3 Å². The van der Waals surface area contributed by atoms with Crippen molar-refractivity contribution in [3.63, 3.8) is 0 Å². The summed E-state index contributed by atoms with van der Waals surface area (Å²) in [6, 6.07) is 16.8. The van der Waals surface area contributed by atoms with E-state index in [0.717, 1.165) is 6.54 Å². The minimum atomic E-state index is 0.815. The fourth-order valence-electron chi connectivity index (χ4n) is 1.95. The molecule has 18 heavy (non-hydrogen) atoms. The Morgan fingerprint density at radius 3 is 2.72 bits per heavy atom. The molecule has 3 aromatic rings. The van der Waals surface area contributed by atoms with E-state index in [1.54, 1.807) is 11.3 Å². The molecular weight excluding hydrogens is 240 g/mol. The van der Waals surface area contributed by atoms with E-state index in [-0.39, 0.29) is 0 Å². The number of hydrogen-bond donors (Lipinski definition) is 2. The van der Waals surface area contributed by atoms with Crippen LogP contribution in [0.4, 0.5) is 5.69 Å². The molecule has 2 N–H and O–H groups in total. The predicted molar refractivity (Wildman–Crippen MR) is 77.9 cm³/mol. The van der Waals surface area contributed by atoms with E-state index in [2.05, 4.69) is 58.1 Å². The number of hydrogen-bond acceptors (Lipinski definition) is 2. The van der Waals surface area contributed by atoms with Gasteiger partial charge in [0.25, 0.3) is 0 Å². The summed E-state index contributed by atoms with van der Waals surface area (Å²) in [6.45, 7) is 0.815. The van der Waals surface area contributed by atoms with Gasteiger partial charge in [0.1, 0.15) is 0 Å². The summed E-state index contributed by atoms with van der Waals surface area (Å²) in [5.41, 5.74) is 3.63. The first kappa shape index (κ1) is 11.1. The van der Waals surface area contributed by atoms with Crippen LogP contribution in [0, 0.1) is 0 Å². The minimum Gasteiger partial charge on any atom is -0.379 e. The molecule has 2 nitrogen and oxygen atoms in total. The molecule has 0 aliphatic carbocycles. The van der Waals surface area contributed by atoms with Crippen molar-refractivity contribution in [2.45, 2.75) is 6.54 Å². The zero-order valence-corrected chi connectivity index (χ0v) is 10.7. The van der Waals surface area contributed by atoms with E-state index in [4.69, 9.17) is 0 Å². The molecule has 0 bridgehead atoms. The number of benzene rings is 1. The molecule has 3 heteroatoms. The van der Waals surface area contributed by atoms with Gasteiger partial charge in [-0.3, -0.25) is 0 Å². The molecule has 0 unspecified atom stereocenters. The van der Waals surface area contributed by atoms with Crippen molar-refractivity contribution in [1.29, 1.82) is 0 Å². The zero-order valence-electron chi connectivity index (χ0n) is 9.89. The van der Waals surface area contributed by atoms with Crippen molar-refractivity contribution in [3.05, 3.63) is 65.8 Å². The maximum atomic E-state index is 3.48. The highest BCUT2D eigenvalue weighted by atomic mass is 32.1. The van der Waals surface area contributed by atoms with Gasteiger partial charge in [-0.1, -0.05) is 24.3 Å². The fraction of sp³-hybridized carbons (Fsp3) is 0.0667. The van der Waals surface area contributed by atoms with Crippen LogP contribution in [-0.2, 0) is 6.54 Å².